The first-order valence-corrected chi connectivity index (χ1v) is 11.6. The summed E-state index contributed by atoms with van der Waals surface area (Å²) >= 11 is 0. The number of alkyl halides is 5. The molecule has 1 saturated heterocycles. The van der Waals surface area contributed by atoms with Gasteiger partial charge in [0.2, 0.25) is 0 Å². The van der Waals surface area contributed by atoms with Gasteiger partial charge in [0.1, 0.15) is 11.6 Å². The average molecular weight is 531 g/mol. The average Bonchev–Trinajstić information content (AvgIpc) is 3.46. The Balaban J connectivity index is 1.30. The summed E-state index contributed by atoms with van der Waals surface area (Å²) in [6.45, 7) is -0.382. The van der Waals surface area contributed by atoms with E-state index in [-0.39, 0.29) is 26.1 Å². The van der Waals surface area contributed by atoms with E-state index in [4.69, 9.17) is 5.73 Å². The first kappa shape index (κ1) is 25.4. The number of amides is 1. The number of carbonyl (C=O) groups is 1. The van der Waals surface area contributed by atoms with Crippen molar-refractivity contribution in [1.29, 1.82) is 0 Å². The van der Waals surface area contributed by atoms with Crippen molar-refractivity contribution in [2.24, 2.45) is 0 Å². The number of pyridine rings is 2. The van der Waals surface area contributed by atoms with Gasteiger partial charge in [-0.25, -0.2) is 18.7 Å². The van der Waals surface area contributed by atoms with Crippen LogP contribution in [-0.4, -0.2) is 44.7 Å². The summed E-state index contributed by atoms with van der Waals surface area (Å²) in [4.78, 5) is 22.4. The largest absolute Gasteiger partial charge is 0.435 e. The third-order valence-corrected chi connectivity index (χ3v) is 6.23. The Morgan fingerprint density at radius 3 is 2.58 bits per heavy atom. The van der Waals surface area contributed by atoms with Crippen LogP contribution in [0.2, 0.25) is 0 Å². The molecule has 198 valence electrons. The molecule has 0 radical (unpaired) electrons. The standard InChI is InChI=1S/C25H22F5N7O/c26-24(27)6-8-36(14-24)20-4-2-16(11-33-20)12-37-13-19(21(35-37)25(28,29)30)23(38)34-10-15-1-3-18-17(9-15)5-7-32-22(18)31/h1-5,7,9,11,13H,6,8,10,12,14H2,(H2,31,32)(H,34,38). The quantitative estimate of drug-likeness (QED) is 0.361. The monoisotopic (exact) mass is 531 g/mol. The second-order valence-corrected chi connectivity index (χ2v) is 9.07. The number of halogens is 5. The normalized spacial score (nSPS) is 15.2. The highest BCUT2D eigenvalue weighted by Crippen LogP contribution is 2.32. The molecule has 3 N–H and O–H groups in total. The summed E-state index contributed by atoms with van der Waals surface area (Å²) in [5, 5.41) is 7.62. The maximum absolute atomic E-state index is 13.7. The molecule has 8 nitrogen and oxygen atoms in total. The van der Waals surface area contributed by atoms with Gasteiger partial charge in [-0.2, -0.15) is 18.3 Å². The molecule has 0 atom stereocenters. The lowest BCUT2D eigenvalue weighted by molar-refractivity contribution is -0.141. The van der Waals surface area contributed by atoms with Crippen LogP contribution in [-0.2, 0) is 19.3 Å². The summed E-state index contributed by atoms with van der Waals surface area (Å²) in [6.07, 6.45) is -1.16. The predicted octanol–water partition coefficient (Wildman–Crippen LogP) is 4.25. The number of nitrogens with one attached hydrogen (secondary N) is 1. The minimum Gasteiger partial charge on any atom is -0.383 e. The third-order valence-electron chi connectivity index (χ3n) is 6.23. The zero-order valence-electron chi connectivity index (χ0n) is 19.8. The summed E-state index contributed by atoms with van der Waals surface area (Å²) in [7, 11) is 0. The fourth-order valence-electron chi connectivity index (χ4n) is 4.33. The fourth-order valence-corrected chi connectivity index (χ4v) is 4.33. The van der Waals surface area contributed by atoms with Gasteiger partial charge < -0.3 is 16.0 Å². The van der Waals surface area contributed by atoms with Crippen molar-refractivity contribution in [3.05, 3.63) is 77.4 Å². The molecule has 0 spiro atoms. The summed E-state index contributed by atoms with van der Waals surface area (Å²) < 4.78 is 68.9. The first-order valence-electron chi connectivity index (χ1n) is 11.6. The summed E-state index contributed by atoms with van der Waals surface area (Å²) in [6, 6.07) is 10.1. The van der Waals surface area contributed by atoms with Gasteiger partial charge in [-0.05, 0) is 34.7 Å². The lowest BCUT2D eigenvalue weighted by Gasteiger charge is -2.17. The molecule has 1 fully saturated rings. The van der Waals surface area contributed by atoms with E-state index < -0.39 is 35.8 Å². The van der Waals surface area contributed by atoms with Gasteiger partial charge in [0.05, 0.1) is 18.7 Å². The van der Waals surface area contributed by atoms with Crippen molar-refractivity contribution in [3.63, 3.8) is 0 Å². The summed E-state index contributed by atoms with van der Waals surface area (Å²) in [5.74, 6) is -3.00. The van der Waals surface area contributed by atoms with Gasteiger partial charge in [-0.1, -0.05) is 18.2 Å². The van der Waals surface area contributed by atoms with E-state index >= 15 is 0 Å². The molecule has 1 aromatic carbocycles. The van der Waals surface area contributed by atoms with Gasteiger partial charge in [0.15, 0.2) is 5.69 Å². The van der Waals surface area contributed by atoms with E-state index in [1.165, 1.54) is 23.4 Å². The fraction of sp³-hybridized carbons (Fsp3) is 0.280. The van der Waals surface area contributed by atoms with E-state index in [0.29, 0.717) is 22.8 Å². The molecular weight excluding hydrogens is 509 g/mol. The molecular formula is C25H22F5N7O. The number of fused-ring (bicyclic) bond motifs is 1. The number of hydrogen-bond donors (Lipinski definition) is 2. The molecule has 1 amide bonds. The lowest BCUT2D eigenvalue weighted by Crippen LogP contribution is -2.25. The van der Waals surface area contributed by atoms with E-state index in [1.54, 1.807) is 30.3 Å². The van der Waals surface area contributed by atoms with Crippen molar-refractivity contribution in [1.82, 2.24) is 25.1 Å². The number of rotatable bonds is 6. The minimum absolute atomic E-state index is 0.0135. The second kappa shape index (κ2) is 9.54. The van der Waals surface area contributed by atoms with Crippen molar-refractivity contribution >= 4 is 28.3 Å². The Labute approximate surface area is 213 Å². The van der Waals surface area contributed by atoms with E-state index in [2.05, 4.69) is 20.4 Å². The van der Waals surface area contributed by atoms with Gasteiger partial charge >= 0.3 is 6.18 Å². The van der Waals surface area contributed by atoms with Crippen molar-refractivity contribution in [3.8, 4) is 0 Å². The maximum atomic E-state index is 13.7. The number of benzene rings is 1. The van der Waals surface area contributed by atoms with Crippen molar-refractivity contribution in [2.75, 3.05) is 23.7 Å². The minimum atomic E-state index is -4.85. The second-order valence-electron chi connectivity index (χ2n) is 9.07. The van der Waals surface area contributed by atoms with E-state index in [9.17, 15) is 26.7 Å². The molecule has 4 aromatic rings. The highest BCUT2D eigenvalue weighted by Gasteiger charge is 2.40. The topological polar surface area (TPSA) is 102 Å². The zero-order chi connectivity index (χ0) is 27.1. The van der Waals surface area contributed by atoms with Crippen LogP contribution in [0.25, 0.3) is 10.8 Å². The Bertz CT molecular complexity index is 1480. The highest BCUT2D eigenvalue weighted by molar-refractivity contribution is 5.95. The van der Waals surface area contributed by atoms with Crippen LogP contribution in [0.1, 0.15) is 33.6 Å². The zero-order valence-corrected chi connectivity index (χ0v) is 19.8. The van der Waals surface area contributed by atoms with Gasteiger partial charge in [0.25, 0.3) is 11.8 Å². The number of nitrogen functional groups attached to an aromatic ring is 1. The van der Waals surface area contributed by atoms with E-state index in [0.717, 1.165) is 21.7 Å². The molecule has 0 bridgehead atoms. The maximum Gasteiger partial charge on any atom is 0.435 e. The Kier molecular flexibility index (Phi) is 6.37. The molecule has 0 aliphatic carbocycles. The number of nitrogens with zero attached hydrogens (tertiary/aromatic N) is 5. The van der Waals surface area contributed by atoms with Crippen LogP contribution in [0.15, 0.2) is 55.0 Å². The molecule has 38 heavy (non-hydrogen) atoms. The molecule has 3 aromatic heterocycles. The van der Waals surface area contributed by atoms with Crippen LogP contribution in [0.5, 0.6) is 0 Å². The smallest absolute Gasteiger partial charge is 0.383 e. The SMILES string of the molecule is Nc1nccc2cc(CNC(=O)c3cn(Cc4ccc(N5CCC(F)(F)C5)nc4)nc3C(F)(F)F)ccc12. The lowest BCUT2D eigenvalue weighted by atomic mass is 10.1. The molecule has 4 heterocycles. The van der Waals surface area contributed by atoms with Crippen LogP contribution >= 0.6 is 0 Å². The molecule has 1 aliphatic rings. The Hall–Kier alpha value is -4.29. The Morgan fingerprint density at radius 1 is 1.11 bits per heavy atom. The van der Waals surface area contributed by atoms with Gasteiger partial charge in [0, 0.05) is 43.5 Å². The summed E-state index contributed by atoms with van der Waals surface area (Å²) in [5.41, 5.74) is 5.07. The molecule has 0 unspecified atom stereocenters. The number of nitrogens with two attached hydrogens (primary N) is 1. The molecule has 13 heteroatoms. The van der Waals surface area contributed by atoms with Gasteiger partial charge in [-0.15, -0.1) is 0 Å². The third kappa shape index (κ3) is 5.36. The van der Waals surface area contributed by atoms with Crippen molar-refractivity contribution < 1.29 is 26.7 Å². The number of aromatic nitrogens is 4. The number of anilines is 2. The Morgan fingerprint density at radius 2 is 1.89 bits per heavy atom. The first-order chi connectivity index (χ1) is 18.0. The van der Waals surface area contributed by atoms with Crippen molar-refractivity contribution in [2.45, 2.75) is 31.6 Å². The van der Waals surface area contributed by atoms with Crippen LogP contribution in [0.4, 0.5) is 33.6 Å². The van der Waals surface area contributed by atoms with Crippen LogP contribution < -0.4 is 16.0 Å². The van der Waals surface area contributed by atoms with Crippen LogP contribution in [0.3, 0.4) is 0 Å². The molecule has 0 saturated carbocycles. The molecule has 5 rings (SSSR count). The number of carbonyl (C=O) groups excluding carboxylic acids is 1. The number of hydrogen-bond acceptors (Lipinski definition) is 6. The molecule has 1 aliphatic heterocycles. The van der Waals surface area contributed by atoms with E-state index in [1.807, 2.05) is 0 Å². The van der Waals surface area contributed by atoms with Gasteiger partial charge in [-0.3, -0.25) is 9.48 Å². The van der Waals surface area contributed by atoms with Crippen LogP contribution in [0, 0.1) is 0 Å². The predicted molar refractivity (Wildman–Crippen MR) is 130 cm³/mol. The highest BCUT2D eigenvalue weighted by atomic mass is 19.4.